The summed E-state index contributed by atoms with van der Waals surface area (Å²) >= 11 is 0. The molecule has 0 aliphatic carbocycles. The van der Waals surface area contributed by atoms with E-state index in [1.807, 2.05) is 12.4 Å². The minimum absolute atomic E-state index is 0.243. The Kier molecular flexibility index (Phi) is 4.71. The van der Waals surface area contributed by atoms with E-state index >= 15 is 0 Å². The van der Waals surface area contributed by atoms with Gasteiger partial charge in [-0.3, -0.25) is 4.90 Å². The van der Waals surface area contributed by atoms with Gasteiger partial charge in [-0.15, -0.1) is 0 Å². The van der Waals surface area contributed by atoms with E-state index in [1.165, 1.54) is 12.1 Å². The molecule has 1 aromatic carbocycles. The summed E-state index contributed by atoms with van der Waals surface area (Å²) in [5.41, 5.74) is 1.56. The fourth-order valence-corrected chi connectivity index (χ4v) is 2.71. The summed E-state index contributed by atoms with van der Waals surface area (Å²) in [4.78, 5) is 14.3. The Labute approximate surface area is 135 Å². The average Bonchev–Trinajstić information content (AvgIpc) is 3.12. The van der Waals surface area contributed by atoms with Crippen LogP contribution in [0.2, 0.25) is 0 Å². The molecule has 23 heavy (non-hydrogen) atoms. The second kappa shape index (κ2) is 6.91. The van der Waals surface area contributed by atoms with Crippen LogP contribution in [-0.2, 0) is 19.5 Å². The molecule has 0 saturated heterocycles. The fraction of sp³-hybridized carbons (Fsp3) is 0.412. The third-order valence-corrected chi connectivity index (χ3v) is 3.90. The van der Waals surface area contributed by atoms with Crippen LogP contribution in [0.5, 0.6) is 0 Å². The molecule has 6 heteroatoms. The minimum Gasteiger partial charge on any atom is -0.342 e. The number of nitrogens with one attached hydrogen (secondary N) is 1. The van der Waals surface area contributed by atoms with Gasteiger partial charge >= 0.3 is 0 Å². The van der Waals surface area contributed by atoms with E-state index in [1.54, 1.807) is 6.07 Å². The van der Waals surface area contributed by atoms with Gasteiger partial charge in [-0.2, -0.15) is 0 Å². The zero-order valence-electron chi connectivity index (χ0n) is 13.6. The average molecular weight is 315 g/mol. The highest BCUT2D eigenvalue weighted by Crippen LogP contribution is 2.13. The van der Waals surface area contributed by atoms with Gasteiger partial charge in [0.1, 0.15) is 17.5 Å². The maximum absolute atomic E-state index is 13.2. The molecule has 3 aromatic rings. The molecular formula is C17H22FN5. The van der Waals surface area contributed by atoms with Gasteiger partial charge in [-0.1, -0.05) is 6.92 Å². The van der Waals surface area contributed by atoms with E-state index in [-0.39, 0.29) is 5.82 Å². The largest absolute Gasteiger partial charge is 0.342 e. The van der Waals surface area contributed by atoms with Crippen molar-refractivity contribution in [1.29, 1.82) is 0 Å². The first kappa shape index (κ1) is 15.7. The van der Waals surface area contributed by atoms with Crippen molar-refractivity contribution in [3.8, 4) is 0 Å². The quantitative estimate of drug-likeness (QED) is 0.729. The molecule has 1 N–H and O–H groups in total. The van der Waals surface area contributed by atoms with Crippen molar-refractivity contribution in [2.24, 2.45) is 0 Å². The van der Waals surface area contributed by atoms with Gasteiger partial charge in [0.2, 0.25) is 0 Å². The van der Waals surface area contributed by atoms with Crippen molar-refractivity contribution < 1.29 is 4.39 Å². The number of H-pyrrole nitrogens is 1. The zero-order valence-corrected chi connectivity index (χ0v) is 13.6. The molecule has 2 heterocycles. The Morgan fingerprint density at radius 3 is 3.04 bits per heavy atom. The molecule has 0 amide bonds. The van der Waals surface area contributed by atoms with Crippen LogP contribution in [0.4, 0.5) is 4.39 Å². The van der Waals surface area contributed by atoms with Crippen LogP contribution in [0.3, 0.4) is 0 Å². The van der Waals surface area contributed by atoms with E-state index in [0.29, 0.717) is 0 Å². The van der Waals surface area contributed by atoms with Crippen molar-refractivity contribution in [3.05, 3.63) is 48.1 Å². The lowest BCUT2D eigenvalue weighted by molar-refractivity contribution is 0.314. The van der Waals surface area contributed by atoms with Gasteiger partial charge < -0.3 is 9.55 Å². The summed E-state index contributed by atoms with van der Waals surface area (Å²) in [5, 5.41) is 0. The molecule has 122 valence electrons. The van der Waals surface area contributed by atoms with Crippen LogP contribution in [0, 0.1) is 5.82 Å². The number of nitrogens with zero attached hydrogens (tertiary/aromatic N) is 4. The molecule has 0 spiro atoms. The topological polar surface area (TPSA) is 49.7 Å². The predicted molar refractivity (Wildman–Crippen MR) is 88.6 cm³/mol. The van der Waals surface area contributed by atoms with Crippen LogP contribution in [0.25, 0.3) is 11.0 Å². The summed E-state index contributed by atoms with van der Waals surface area (Å²) < 4.78 is 15.4. The number of benzene rings is 1. The Bertz CT molecular complexity index is 776. The summed E-state index contributed by atoms with van der Waals surface area (Å²) in [6.07, 6.45) is 5.77. The predicted octanol–water partition coefficient (Wildman–Crippen LogP) is 2.98. The lowest BCUT2D eigenvalue weighted by atomic mass is 10.3. The normalized spacial score (nSPS) is 11.7. The molecule has 2 aromatic heterocycles. The van der Waals surface area contributed by atoms with Gasteiger partial charge in [0.15, 0.2) is 0 Å². The summed E-state index contributed by atoms with van der Waals surface area (Å²) in [6.45, 7) is 4.83. The number of aryl methyl sites for hydroxylation is 1. The Hall–Kier alpha value is -2.21. The van der Waals surface area contributed by atoms with Crippen molar-refractivity contribution in [3.63, 3.8) is 0 Å². The van der Waals surface area contributed by atoms with E-state index < -0.39 is 0 Å². The third kappa shape index (κ3) is 3.76. The molecular weight excluding hydrogens is 293 g/mol. The van der Waals surface area contributed by atoms with Crippen LogP contribution in [-0.4, -0.2) is 38.0 Å². The first-order chi connectivity index (χ1) is 11.2. The first-order valence-electron chi connectivity index (χ1n) is 7.98. The lowest BCUT2D eigenvalue weighted by Gasteiger charge is -2.16. The van der Waals surface area contributed by atoms with Crippen molar-refractivity contribution >= 4 is 11.0 Å². The van der Waals surface area contributed by atoms with Gasteiger partial charge in [0.05, 0.1) is 17.6 Å². The van der Waals surface area contributed by atoms with Gasteiger partial charge in [-0.05, 0) is 31.7 Å². The molecule has 0 radical (unpaired) electrons. The number of aromatic amines is 1. The highest BCUT2D eigenvalue weighted by atomic mass is 19.1. The van der Waals surface area contributed by atoms with Crippen LogP contribution in [0.1, 0.15) is 25.0 Å². The summed E-state index contributed by atoms with van der Waals surface area (Å²) in [6, 6.07) is 4.62. The second-order valence-corrected chi connectivity index (χ2v) is 5.87. The minimum atomic E-state index is -0.243. The lowest BCUT2D eigenvalue weighted by Crippen LogP contribution is -2.23. The van der Waals surface area contributed by atoms with Crippen molar-refractivity contribution in [1.82, 2.24) is 24.4 Å². The number of halogens is 1. The second-order valence-electron chi connectivity index (χ2n) is 5.87. The molecule has 5 nitrogen and oxygen atoms in total. The Morgan fingerprint density at radius 2 is 2.22 bits per heavy atom. The standard InChI is InChI=1S/C17H22FN5/c1-3-8-23-10-7-19-17(23)12-22(2)9-6-16-20-14-5-4-13(18)11-15(14)21-16/h4-5,7,10-11H,3,6,8-9,12H2,1-2H3,(H,20,21). The van der Waals surface area contributed by atoms with Gasteiger partial charge in [0, 0.05) is 31.9 Å². The molecule has 3 rings (SSSR count). The van der Waals surface area contributed by atoms with Crippen molar-refractivity contribution in [2.75, 3.05) is 13.6 Å². The van der Waals surface area contributed by atoms with Gasteiger partial charge in [-0.25, -0.2) is 14.4 Å². The SMILES string of the molecule is CCCn1ccnc1CN(C)CCc1nc2ccc(F)cc2[nH]1. The number of rotatable bonds is 7. The summed E-state index contributed by atoms with van der Waals surface area (Å²) in [7, 11) is 2.08. The zero-order chi connectivity index (χ0) is 16.2. The number of hydrogen-bond donors (Lipinski definition) is 1. The van der Waals surface area contributed by atoms with E-state index in [0.717, 1.165) is 55.2 Å². The smallest absolute Gasteiger partial charge is 0.125 e. The number of likely N-dealkylation sites (N-methyl/N-ethyl adjacent to an activating group) is 1. The molecule has 0 atom stereocenters. The monoisotopic (exact) mass is 315 g/mol. The van der Waals surface area contributed by atoms with Crippen LogP contribution < -0.4 is 0 Å². The molecule has 0 unspecified atom stereocenters. The molecule has 0 bridgehead atoms. The van der Waals surface area contributed by atoms with Crippen LogP contribution in [0.15, 0.2) is 30.6 Å². The number of hydrogen-bond acceptors (Lipinski definition) is 3. The maximum atomic E-state index is 13.2. The number of fused-ring (bicyclic) bond motifs is 1. The first-order valence-corrected chi connectivity index (χ1v) is 7.98. The Morgan fingerprint density at radius 1 is 1.35 bits per heavy atom. The Balaban J connectivity index is 1.59. The van der Waals surface area contributed by atoms with Gasteiger partial charge in [0.25, 0.3) is 0 Å². The molecule has 0 aliphatic rings. The highest BCUT2D eigenvalue weighted by Gasteiger charge is 2.08. The number of aromatic nitrogens is 4. The van der Waals surface area contributed by atoms with E-state index in [4.69, 9.17) is 0 Å². The fourth-order valence-electron chi connectivity index (χ4n) is 2.71. The van der Waals surface area contributed by atoms with Crippen molar-refractivity contribution in [2.45, 2.75) is 32.9 Å². The van der Waals surface area contributed by atoms with E-state index in [2.05, 4.69) is 38.4 Å². The highest BCUT2D eigenvalue weighted by molar-refractivity contribution is 5.74. The molecule has 0 saturated carbocycles. The maximum Gasteiger partial charge on any atom is 0.125 e. The van der Waals surface area contributed by atoms with Crippen LogP contribution >= 0.6 is 0 Å². The summed E-state index contributed by atoms with van der Waals surface area (Å²) in [5.74, 6) is 1.72. The number of imidazole rings is 2. The molecule has 0 fully saturated rings. The molecule has 0 aliphatic heterocycles. The van der Waals surface area contributed by atoms with E-state index in [9.17, 15) is 4.39 Å². The third-order valence-electron chi connectivity index (χ3n) is 3.90.